The molecule has 0 fully saturated rings. The zero-order valence-corrected chi connectivity index (χ0v) is 12.3. The summed E-state index contributed by atoms with van der Waals surface area (Å²) < 4.78 is 5.25. The Morgan fingerprint density at radius 3 is 2.48 bits per heavy atom. The minimum atomic E-state index is 0.0875. The molecule has 0 bridgehead atoms. The summed E-state index contributed by atoms with van der Waals surface area (Å²) in [6.45, 7) is 3.18. The number of nitrogens with zero attached hydrogens (tertiary/aromatic N) is 1. The number of nitrogens with one attached hydrogen (secondary N) is 1. The minimum absolute atomic E-state index is 0.0875. The smallest absolute Gasteiger partial charge is 0.174 e. The quantitative estimate of drug-likeness (QED) is 0.844. The molecule has 2 aromatic carbocycles. The molecule has 1 atom stereocenters. The maximum Gasteiger partial charge on any atom is 0.174 e. The summed E-state index contributed by atoms with van der Waals surface area (Å²) in [5, 5.41) is 12.0. The Hall–Kier alpha value is -2.31. The van der Waals surface area contributed by atoms with E-state index in [2.05, 4.69) is 36.5 Å². The van der Waals surface area contributed by atoms with Crippen molar-refractivity contribution in [3.63, 3.8) is 0 Å². The Morgan fingerprint density at radius 2 is 1.81 bits per heavy atom. The second kappa shape index (κ2) is 8.08. The van der Waals surface area contributed by atoms with Gasteiger partial charge in [0, 0.05) is 6.04 Å². The van der Waals surface area contributed by atoms with Crippen molar-refractivity contribution in [1.82, 2.24) is 5.32 Å². The summed E-state index contributed by atoms with van der Waals surface area (Å²) in [4.78, 5) is 0. The van der Waals surface area contributed by atoms with Gasteiger partial charge in [-0.05, 0) is 43.1 Å². The lowest BCUT2D eigenvalue weighted by molar-refractivity contribution is 0.368. The summed E-state index contributed by atoms with van der Waals surface area (Å²) in [5.41, 5.74) is 2.56. The molecule has 21 heavy (non-hydrogen) atoms. The monoisotopic (exact) mass is 280 g/mol. The van der Waals surface area contributed by atoms with Gasteiger partial charge in [-0.25, -0.2) is 0 Å². The van der Waals surface area contributed by atoms with E-state index >= 15 is 0 Å². The zero-order chi connectivity index (χ0) is 14.9. The molecule has 0 spiro atoms. The standard InChI is InChI=1S/C18H20N2O/c1-15(20-13-11-16-5-3-2-4-6-16)17-7-9-18(10-8-17)21-14-12-19/h2-10,15,20H,11,13-14H2,1H3. The molecule has 0 aliphatic carbocycles. The lowest BCUT2D eigenvalue weighted by Gasteiger charge is -2.14. The Labute approximate surface area is 126 Å². The van der Waals surface area contributed by atoms with E-state index in [1.54, 1.807) is 0 Å². The van der Waals surface area contributed by atoms with Crippen molar-refractivity contribution in [3.8, 4) is 11.8 Å². The van der Waals surface area contributed by atoms with Gasteiger partial charge in [0.2, 0.25) is 0 Å². The first-order valence-corrected chi connectivity index (χ1v) is 7.16. The van der Waals surface area contributed by atoms with E-state index in [1.165, 1.54) is 11.1 Å². The van der Waals surface area contributed by atoms with Crippen molar-refractivity contribution in [2.45, 2.75) is 19.4 Å². The molecule has 2 rings (SSSR count). The van der Waals surface area contributed by atoms with Crippen LogP contribution in [0.3, 0.4) is 0 Å². The van der Waals surface area contributed by atoms with E-state index in [9.17, 15) is 0 Å². The number of ether oxygens (including phenoxy) is 1. The first kappa shape index (κ1) is 15.1. The number of benzene rings is 2. The molecule has 3 nitrogen and oxygen atoms in total. The molecule has 0 radical (unpaired) electrons. The predicted octanol–water partition coefficient (Wildman–Crippen LogP) is 3.48. The number of hydrogen-bond acceptors (Lipinski definition) is 3. The normalized spacial score (nSPS) is 11.6. The summed E-state index contributed by atoms with van der Waals surface area (Å²) in [5.74, 6) is 0.733. The Kier molecular flexibility index (Phi) is 5.81. The lowest BCUT2D eigenvalue weighted by Crippen LogP contribution is -2.21. The Morgan fingerprint density at radius 1 is 1.10 bits per heavy atom. The third-order valence-corrected chi connectivity index (χ3v) is 3.39. The maximum absolute atomic E-state index is 8.48. The molecule has 108 valence electrons. The average molecular weight is 280 g/mol. The van der Waals surface area contributed by atoms with Gasteiger partial charge in [-0.15, -0.1) is 0 Å². The van der Waals surface area contributed by atoms with Crippen LogP contribution in [0.5, 0.6) is 5.75 Å². The predicted molar refractivity (Wildman–Crippen MR) is 84.1 cm³/mol. The van der Waals surface area contributed by atoms with Gasteiger partial charge >= 0.3 is 0 Å². The molecule has 0 heterocycles. The molecular weight excluding hydrogens is 260 g/mol. The van der Waals surface area contributed by atoms with Gasteiger partial charge in [0.15, 0.2) is 6.61 Å². The van der Waals surface area contributed by atoms with Gasteiger partial charge in [0.1, 0.15) is 11.8 Å². The van der Waals surface area contributed by atoms with E-state index < -0.39 is 0 Å². The van der Waals surface area contributed by atoms with Crippen LogP contribution in [0.1, 0.15) is 24.1 Å². The molecule has 0 aliphatic heterocycles. The third kappa shape index (κ3) is 4.94. The van der Waals surface area contributed by atoms with E-state index in [1.807, 2.05) is 36.4 Å². The number of nitriles is 1. The van der Waals surface area contributed by atoms with Gasteiger partial charge in [-0.3, -0.25) is 0 Å². The van der Waals surface area contributed by atoms with Crippen LogP contribution in [0.25, 0.3) is 0 Å². The molecule has 3 heteroatoms. The van der Waals surface area contributed by atoms with E-state index in [4.69, 9.17) is 10.00 Å². The lowest BCUT2D eigenvalue weighted by atomic mass is 10.1. The highest BCUT2D eigenvalue weighted by Crippen LogP contribution is 2.17. The van der Waals surface area contributed by atoms with Crippen LogP contribution >= 0.6 is 0 Å². The van der Waals surface area contributed by atoms with Crippen molar-refractivity contribution in [2.24, 2.45) is 0 Å². The van der Waals surface area contributed by atoms with Gasteiger partial charge < -0.3 is 10.1 Å². The molecule has 0 saturated heterocycles. The van der Waals surface area contributed by atoms with Crippen LogP contribution in [0.2, 0.25) is 0 Å². The molecular formula is C18H20N2O. The van der Waals surface area contributed by atoms with Crippen LogP contribution in [0.15, 0.2) is 54.6 Å². The Bertz CT molecular complexity index is 572. The number of rotatable bonds is 7. The third-order valence-electron chi connectivity index (χ3n) is 3.39. The van der Waals surface area contributed by atoms with Gasteiger partial charge in [-0.2, -0.15) is 5.26 Å². The molecule has 0 amide bonds. The van der Waals surface area contributed by atoms with Crippen LogP contribution < -0.4 is 10.1 Å². The molecule has 0 aromatic heterocycles. The van der Waals surface area contributed by atoms with Crippen molar-refractivity contribution in [1.29, 1.82) is 5.26 Å². The highest BCUT2D eigenvalue weighted by Gasteiger charge is 2.04. The van der Waals surface area contributed by atoms with Crippen molar-refractivity contribution < 1.29 is 4.74 Å². The highest BCUT2D eigenvalue weighted by atomic mass is 16.5. The van der Waals surface area contributed by atoms with Gasteiger partial charge in [0.25, 0.3) is 0 Å². The molecule has 0 aliphatic rings. The molecule has 1 N–H and O–H groups in total. The minimum Gasteiger partial charge on any atom is -0.479 e. The van der Waals surface area contributed by atoms with Crippen molar-refractivity contribution in [2.75, 3.05) is 13.2 Å². The maximum atomic E-state index is 8.48. The fourth-order valence-electron chi connectivity index (χ4n) is 2.16. The van der Waals surface area contributed by atoms with E-state index in [0.717, 1.165) is 18.7 Å². The van der Waals surface area contributed by atoms with Gasteiger partial charge in [-0.1, -0.05) is 42.5 Å². The fourth-order valence-corrected chi connectivity index (χ4v) is 2.16. The van der Waals surface area contributed by atoms with E-state index in [-0.39, 0.29) is 6.61 Å². The Balaban J connectivity index is 1.80. The average Bonchev–Trinajstić information content (AvgIpc) is 2.54. The van der Waals surface area contributed by atoms with Crippen molar-refractivity contribution in [3.05, 3.63) is 65.7 Å². The topological polar surface area (TPSA) is 45.0 Å². The first-order valence-electron chi connectivity index (χ1n) is 7.16. The molecule has 2 aromatic rings. The number of hydrogen-bond donors (Lipinski definition) is 1. The van der Waals surface area contributed by atoms with Crippen LogP contribution in [-0.2, 0) is 6.42 Å². The van der Waals surface area contributed by atoms with E-state index in [0.29, 0.717) is 6.04 Å². The van der Waals surface area contributed by atoms with Crippen molar-refractivity contribution >= 4 is 0 Å². The summed E-state index contributed by atoms with van der Waals surface area (Å²) in [6, 6.07) is 20.6. The first-order chi connectivity index (χ1) is 10.3. The van der Waals surface area contributed by atoms with Crippen LogP contribution in [0, 0.1) is 11.3 Å². The largest absolute Gasteiger partial charge is 0.479 e. The second-order valence-electron chi connectivity index (χ2n) is 4.93. The molecule has 1 unspecified atom stereocenters. The molecule has 0 saturated carbocycles. The SMILES string of the molecule is CC(NCCc1ccccc1)c1ccc(OCC#N)cc1. The zero-order valence-electron chi connectivity index (χ0n) is 12.3. The summed E-state index contributed by atoms with van der Waals surface area (Å²) >= 11 is 0. The fraction of sp³-hybridized carbons (Fsp3) is 0.278. The van der Waals surface area contributed by atoms with Crippen LogP contribution in [0.4, 0.5) is 0 Å². The second-order valence-corrected chi connectivity index (χ2v) is 4.93. The van der Waals surface area contributed by atoms with Gasteiger partial charge in [0.05, 0.1) is 0 Å². The highest BCUT2D eigenvalue weighted by molar-refractivity contribution is 5.29. The van der Waals surface area contributed by atoms with Crippen LogP contribution in [-0.4, -0.2) is 13.2 Å². The summed E-state index contributed by atoms with van der Waals surface area (Å²) in [6.07, 6.45) is 1.02. The summed E-state index contributed by atoms with van der Waals surface area (Å²) in [7, 11) is 0.